The second-order valence-corrected chi connectivity index (χ2v) is 5.90. The Balaban J connectivity index is 1.97. The zero-order valence-electron chi connectivity index (χ0n) is 13.9. The van der Waals surface area contributed by atoms with Crippen molar-refractivity contribution in [3.8, 4) is 5.75 Å². The Hall–Kier alpha value is -3.07. The van der Waals surface area contributed by atoms with Crippen molar-refractivity contribution in [3.63, 3.8) is 0 Å². The molecule has 0 bridgehead atoms. The van der Waals surface area contributed by atoms with Crippen molar-refractivity contribution in [1.29, 1.82) is 0 Å². The summed E-state index contributed by atoms with van der Waals surface area (Å²) in [7, 11) is 0. The van der Waals surface area contributed by atoms with E-state index in [1.807, 2.05) is 36.4 Å². The average molecular weight is 317 g/mol. The molecule has 120 valence electrons. The van der Waals surface area contributed by atoms with Crippen LogP contribution >= 0.6 is 0 Å². The van der Waals surface area contributed by atoms with E-state index < -0.39 is 0 Å². The molecule has 0 unspecified atom stereocenters. The first kappa shape index (κ1) is 15.8. The summed E-state index contributed by atoms with van der Waals surface area (Å²) in [6.45, 7) is 4.14. The molecule has 0 amide bonds. The third-order valence-electron chi connectivity index (χ3n) is 3.80. The van der Waals surface area contributed by atoms with E-state index in [4.69, 9.17) is 0 Å². The molecule has 3 aromatic rings. The van der Waals surface area contributed by atoms with Crippen molar-refractivity contribution < 1.29 is 10.1 Å². The topological polar surface area (TPSA) is 46.2 Å². The van der Waals surface area contributed by atoms with Gasteiger partial charge >= 0.3 is 0 Å². The summed E-state index contributed by atoms with van der Waals surface area (Å²) in [5, 5.41) is 13.0. The van der Waals surface area contributed by atoms with E-state index in [0.29, 0.717) is 0 Å². The van der Waals surface area contributed by atoms with Gasteiger partial charge in [0.15, 0.2) is 0 Å². The van der Waals surface area contributed by atoms with Gasteiger partial charge in [0.25, 0.3) is 5.84 Å². The summed E-state index contributed by atoms with van der Waals surface area (Å²) >= 11 is 0. The second-order valence-electron chi connectivity index (χ2n) is 5.90. The number of phenols is 1. The summed E-state index contributed by atoms with van der Waals surface area (Å²) in [5.41, 5.74) is 5.41. The molecule has 3 rings (SSSR count). The molecule has 0 radical (unpaired) electrons. The van der Waals surface area contributed by atoms with Gasteiger partial charge in [0, 0.05) is 0 Å². The molecule has 0 aliphatic carbocycles. The van der Waals surface area contributed by atoms with Crippen molar-refractivity contribution >= 4 is 17.2 Å². The molecule has 0 aliphatic heterocycles. The lowest BCUT2D eigenvalue weighted by molar-refractivity contribution is -0.352. The highest BCUT2D eigenvalue weighted by Crippen LogP contribution is 2.13. The smallest absolute Gasteiger partial charge is 0.285 e. The van der Waals surface area contributed by atoms with Crippen LogP contribution in [0.2, 0.25) is 0 Å². The highest BCUT2D eigenvalue weighted by molar-refractivity contribution is 6.04. The minimum atomic E-state index is 0.253. The van der Waals surface area contributed by atoms with Gasteiger partial charge in [-0.25, -0.2) is 10.3 Å². The summed E-state index contributed by atoms with van der Waals surface area (Å²) in [4.78, 5) is 3.43. The SMILES string of the molecule is Cc1ccc(NC(=[NH+]c2ccc(C)cc2)c2ccc(O)cc2)cc1. The average Bonchev–Trinajstić information content (AvgIpc) is 2.59. The predicted molar refractivity (Wildman–Crippen MR) is 98.8 cm³/mol. The minimum Gasteiger partial charge on any atom is -0.508 e. The van der Waals surface area contributed by atoms with Gasteiger partial charge < -0.3 is 5.11 Å². The maximum atomic E-state index is 9.53. The van der Waals surface area contributed by atoms with Crippen LogP contribution in [0.5, 0.6) is 5.75 Å². The molecule has 0 spiro atoms. The maximum absolute atomic E-state index is 9.53. The number of aromatic hydroxyl groups is 1. The number of nitrogens with one attached hydrogen (secondary N) is 2. The van der Waals surface area contributed by atoms with E-state index in [-0.39, 0.29) is 5.75 Å². The standard InChI is InChI=1S/C21H20N2O/c1-15-3-9-18(10-4-15)22-21(17-7-13-20(24)14-8-17)23-19-11-5-16(2)6-12-19/h3-14,24H,1-2H3,(H,22,23)/p+1. The van der Waals surface area contributed by atoms with Crippen molar-refractivity contribution in [2.45, 2.75) is 13.8 Å². The van der Waals surface area contributed by atoms with Crippen molar-refractivity contribution in [3.05, 3.63) is 89.5 Å². The van der Waals surface area contributed by atoms with E-state index >= 15 is 0 Å². The van der Waals surface area contributed by atoms with E-state index in [1.54, 1.807) is 12.1 Å². The van der Waals surface area contributed by atoms with Gasteiger partial charge in [0.2, 0.25) is 0 Å². The molecule has 3 aromatic carbocycles. The van der Waals surface area contributed by atoms with E-state index in [9.17, 15) is 5.11 Å². The number of rotatable bonds is 3. The number of amidine groups is 1. The molecule has 24 heavy (non-hydrogen) atoms. The summed E-state index contributed by atoms with van der Waals surface area (Å²) in [6, 6.07) is 23.6. The summed E-state index contributed by atoms with van der Waals surface area (Å²) in [5.74, 6) is 1.12. The van der Waals surface area contributed by atoms with Gasteiger partial charge in [0.1, 0.15) is 17.1 Å². The molecular formula is C21H21N2O+. The maximum Gasteiger partial charge on any atom is 0.285 e. The summed E-state index contributed by atoms with van der Waals surface area (Å²) < 4.78 is 0. The Bertz CT molecular complexity index is 833. The second kappa shape index (κ2) is 7.01. The lowest BCUT2D eigenvalue weighted by atomic mass is 10.1. The number of hydrogen-bond donors (Lipinski definition) is 3. The summed E-state index contributed by atoms with van der Waals surface area (Å²) in [6.07, 6.45) is 0. The molecule has 0 atom stereocenters. The number of hydrogen-bond acceptors (Lipinski definition) is 1. The molecule has 0 heterocycles. The van der Waals surface area contributed by atoms with Gasteiger partial charge in [-0.3, -0.25) is 0 Å². The van der Waals surface area contributed by atoms with E-state index in [1.165, 1.54) is 11.1 Å². The highest BCUT2D eigenvalue weighted by Gasteiger charge is 2.12. The molecular weight excluding hydrogens is 296 g/mol. The van der Waals surface area contributed by atoms with Gasteiger partial charge in [0.05, 0.1) is 5.56 Å². The van der Waals surface area contributed by atoms with Crippen molar-refractivity contribution in [2.75, 3.05) is 5.32 Å². The number of benzene rings is 3. The fraction of sp³-hybridized carbons (Fsp3) is 0.0952. The van der Waals surface area contributed by atoms with Crippen LogP contribution in [0.1, 0.15) is 16.7 Å². The normalized spacial score (nSPS) is 11.3. The molecule has 3 nitrogen and oxygen atoms in total. The van der Waals surface area contributed by atoms with Crippen LogP contribution in [0, 0.1) is 13.8 Å². The molecule has 0 saturated heterocycles. The first-order valence-electron chi connectivity index (χ1n) is 7.94. The fourth-order valence-electron chi connectivity index (χ4n) is 2.37. The fourth-order valence-corrected chi connectivity index (χ4v) is 2.37. The van der Waals surface area contributed by atoms with Crippen molar-refractivity contribution in [1.82, 2.24) is 0 Å². The van der Waals surface area contributed by atoms with Gasteiger partial charge in [-0.2, -0.15) is 0 Å². The zero-order chi connectivity index (χ0) is 16.9. The Morgan fingerprint density at radius 2 is 1.29 bits per heavy atom. The third-order valence-corrected chi connectivity index (χ3v) is 3.80. The number of phenolic OH excluding ortho intramolecular Hbond substituents is 1. The molecule has 0 fully saturated rings. The van der Waals surface area contributed by atoms with Crippen LogP contribution in [0.4, 0.5) is 11.4 Å². The first-order chi connectivity index (χ1) is 11.6. The highest BCUT2D eigenvalue weighted by atomic mass is 16.3. The van der Waals surface area contributed by atoms with Crippen molar-refractivity contribution in [2.24, 2.45) is 0 Å². The Morgan fingerprint density at radius 1 is 0.750 bits per heavy atom. The zero-order valence-corrected chi connectivity index (χ0v) is 13.9. The quantitative estimate of drug-likeness (QED) is 0.513. The Labute approximate surface area is 142 Å². The number of aryl methyl sites for hydroxylation is 2. The molecule has 0 aromatic heterocycles. The third kappa shape index (κ3) is 4.02. The van der Waals surface area contributed by atoms with Crippen LogP contribution in [0.3, 0.4) is 0 Å². The van der Waals surface area contributed by atoms with Crippen LogP contribution in [0.25, 0.3) is 0 Å². The lowest BCUT2D eigenvalue weighted by Gasteiger charge is -2.05. The Kier molecular flexibility index (Phi) is 4.62. The molecule has 0 saturated carbocycles. The predicted octanol–water partition coefficient (Wildman–Crippen LogP) is 3.28. The first-order valence-corrected chi connectivity index (χ1v) is 7.94. The lowest BCUT2D eigenvalue weighted by Crippen LogP contribution is -2.68. The van der Waals surface area contributed by atoms with Crippen LogP contribution in [0.15, 0.2) is 72.8 Å². The largest absolute Gasteiger partial charge is 0.508 e. The molecule has 3 heteroatoms. The minimum absolute atomic E-state index is 0.253. The van der Waals surface area contributed by atoms with Gasteiger partial charge in [-0.1, -0.05) is 35.4 Å². The van der Waals surface area contributed by atoms with E-state index in [0.717, 1.165) is 22.8 Å². The molecule has 3 N–H and O–H groups in total. The van der Waals surface area contributed by atoms with Gasteiger partial charge in [-0.15, -0.1) is 0 Å². The van der Waals surface area contributed by atoms with Crippen LogP contribution in [-0.2, 0) is 0 Å². The van der Waals surface area contributed by atoms with Gasteiger partial charge in [-0.05, 0) is 62.4 Å². The number of anilines is 1. The van der Waals surface area contributed by atoms with Crippen LogP contribution in [-0.4, -0.2) is 10.9 Å². The molecule has 0 aliphatic rings. The van der Waals surface area contributed by atoms with E-state index in [2.05, 4.69) is 48.4 Å². The van der Waals surface area contributed by atoms with Crippen LogP contribution < -0.4 is 10.3 Å². The Morgan fingerprint density at radius 3 is 1.88 bits per heavy atom. The monoisotopic (exact) mass is 317 g/mol.